The van der Waals surface area contributed by atoms with E-state index in [2.05, 4.69) is 134 Å². The number of hydrogen-bond acceptors (Lipinski definition) is 5. The molecule has 3 heterocycles. The van der Waals surface area contributed by atoms with Crippen molar-refractivity contribution in [2.45, 2.75) is 12.3 Å². The van der Waals surface area contributed by atoms with Crippen molar-refractivity contribution in [2.24, 2.45) is 0 Å². The molecule has 5 heteroatoms. The van der Waals surface area contributed by atoms with Gasteiger partial charge in [0.2, 0.25) is 5.71 Å². The van der Waals surface area contributed by atoms with Crippen molar-refractivity contribution in [2.75, 3.05) is 0 Å². The van der Waals surface area contributed by atoms with Gasteiger partial charge in [-0.25, -0.2) is 19.9 Å². The lowest BCUT2D eigenvalue weighted by molar-refractivity contribution is 0.629. The smallest absolute Gasteiger partial charge is 0.227 e. The molecule has 1 aliphatic carbocycles. The van der Waals surface area contributed by atoms with E-state index in [0.717, 1.165) is 43.6 Å². The molecule has 0 bridgehead atoms. The van der Waals surface area contributed by atoms with E-state index in [1.54, 1.807) is 0 Å². The molecule has 0 saturated heterocycles. The summed E-state index contributed by atoms with van der Waals surface area (Å²) in [5, 5.41) is 6.55. The third-order valence-corrected chi connectivity index (χ3v) is 11.0. The zero-order valence-electron chi connectivity index (χ0n) is 28.8. The van der Waals surface area contributed by atoms with Crippen LogP contribution in [0.1, 0.15) is 23.6 Å². The summed E-state index contributed by atoms with van der Waals surface area (Å²) in [4.78, 5) is 20.4. The summed E-state index contributed by atoms with van der Waals surface area (Å²) in [6.07, 6.45) is 0. The molecule has 3 aromatic heterocycles. The fourth-order valence-corrected chi connectivity index (χ4v) is 8.49. The van der Waals surface area contributed by atoms with Crippen molar-refractivity contribution < 1.29 is 4.42 Å². The van der Waals surface area contributed by atoms with Gasteiger partial charge in [0.25, 0.3) is 0 Å². The van der Waals surface area contributed by atoms with Crippen LogP contribution in [0, 0.1) is 0 Å². The molecule has 0 aliphatic heterocycles. The number of aromatic nitrogens is 4. The Morgan fingerprint density at radius 3 is 1.96 bits per heavy atom. The molecule has 1 atom stereocenters. The molecule has 0 spiro atoms. The van der Waals surface area contributed by atoms with E-state index in [4.69, 9.17) is 24.4 Å². The van der Waals surface area contributed by atoms with Crippen molar-refractivity contribution >= 4 is 43.6 Å². The number of fused-ring (bicyclic) bond motifs is 10. The summed E-state index contributed by atoms with van der Waals surface area (Å²) in [6, 6.07) is 57.1. The van der Waals surface area contributed by atoms with Crippen molar-refractivity contribution in [3.8, 4) is 45.4 Å². The Bertz CT molecular complexity index is 3080. The minimum Gasteiger partial charge on any atom is -0.437 e. The molecule has 5 nitrogen and oxygen atoms in total. The van der Waals surface area contributed by atoms with E-state index in [9.17, 15) is 0 Å². The molecular weight excluding hydrogens is 649 g/mol. The van der Waals surface area contributed by atoms with Crippen molar-refractivity contribution in [1.29, 1.82) is 0 Å². The Hall–Kier alpha value is -6.98. The summed E-state index contributed by atoms with van der Waals surface area (Å²) in [5.74, 6) is 1.67. The Kier molecular flexibility index (Phi) is 6.31. The molecule has 7 aromatic carbocycles. The summed E-state index contributed by atoms with van der Waals surface area (Å²) >= 11 is 0. The molecule has 0 N–H and O–H groups in total. The first-order valence-corrected chi connectivity index (χ1v) is 17.9. The van der Waals surface area contributed by atoms with Gasteiger partial charge in [0.1, 0.15) is 11.3 Å². The maximum absolute atomic E-state index is 6.86. The van der Waals surface area contributed by atoms with Crippen LogP contribution in [0.2, 0.25) is 0 Å². The number of nitrogens with zero attached hydrogens (tertiary/aromatic N) is 4. The third kappa shape index (κ3) is 4.37. The van der Waals surface area contributed by atoms with Crippen LogP contribution in [0.5, 0.6) is 0 Å². The van der Waals surface area contributed by atoms with E-state index in [-0.39, 0.29) is 0 Å². The predicted octanol–water partition coefficient (Wildman–Crippen LogP) is 11.8. The van der Waals surface area contributed by atoms with Gasteiger partial charge in [-0.05, 0) is 75.0 Å². The second kappa shape index (κ2) is 11.3. The van der Waals surface area contributed by atoms with Crippen molar-refractivity contribution in [3.05, 3.63) is 180 Å². The normalized spacial score (nSPS) is 15.0. The number of furan rings is 1. The van der Waals surface area contributed by atoms with Gasteiger partial charge in [-0.1, -0.05) is 140 Å². The van der Waals surface area contributed by atoms with Crippen LogP contribution in [-0.2, 0) is 5.41 Å². The molecule has 0 amide bonds. The van der Waals surface area contributed by atoms with Crippen molar-refractivity contribution in [3.63, 3.8) is 0 Å². The molecule has 248 valence electrons. The van der Waals surface area contributed by atoms with E-state index in [1.807, 2.05) is 36.4 Å². The number of benzene rings is 7. The van der Waals surface area contributed by atoms with E-state index >= 15 is 0 Å². The Morgan fingerprint density at radius 1 is 0.453 bits per heavy atom. The molecule has 0 fully saturated rings. The lowest BCUT2D eigenvalue weighted by atomic mass is 9.74. The molecule has 1 unspecified atom stereocenters. The summed E-state index contributed by atoms with van der Waals surface area (Å²) in [5.41, 5.74) is 9.56. The third-order valence-electron chi connectivity index (χ3n) is 11.0. The Labute approximate surface area is 305 Å². The minimum atomic E-state index is -0.403. The number of hydrogen-bond donors (Lipinski definition) is 0. The first kappa shape index (κ1) is 29.7. The van der Waals surface area contributed by atoms with Crippen LogP contribution in [0.3, 0.4) is 0 Å². The average Bonchev–Trinajstić information content (AvgIpc) is 3.73. The highest BCUT2D eigenvalue weighted by Gasteiger charge is 2.43. The summed E-state index contributed by atoms with van der Waals surface area (Å²) < 4.78 is 6.86. The molecule has 10 aromatic rings. The highest BCUT2D eigenvalue weighted by atomic mass is 16.3. The predicted molar refractivity (Wildman–Crippen MR) is 214 cm³/mol. The van der Waals surface area contributed by atoms with Gasteiger partial charge in [-0.2, -0.15) is 0 Å². The summed E-state index contributed by atoms with van der Waals surface area (Å²) in [7, 11) is 0. The summed E-state index contributed by atoms with van der Waals surface area (Å²) in [6.45, 7) is 2.31. The Balaban J connectivity index is 1.13. The Morgan fingerprint density at radius 2 is 1.11 bits per heavy atom. The highest BCUT2D eigenvalue weighted by Crippen LogP contribution is 2.55. The fourth-order valence-electron chi connectivity index (χ4n) is 8.49. The van der Waals surface area contributed by atoms with Crippen LogP contribution in [0.25, 0.3) is 89.0 Å². The van der Waals surface area contributed by atoms with Gasteiger partial charge in [0.05, 0.1) is 0 Å². The van der Waals surface area contributed by atoms with Crippen molar-refractivity contribution in [1.82, 2.24) is 19.9 Å². The molecule has 0 saturated carbocycles. The van der Waals surface area contributed by atoms with Crippen LogP contribution >= 0.6 is 0 Å². The van der Waals surface area contributed by atoms with E-state index in [1.165, 1.54) is 33.2 Å². The van der Waals surface area contributed by atoms with Gasteiger partial charge in [0, 0.05) is 32.9 Å². The molecule has 11 rings (SSSR count). The highest BCUT2D eigenvalue weighted by molar-refractivity contribution is 6.13. The minimum absolute atomic E-state index is 0.403. The molecule has 1 aliphatic rings. The largest absolute Gasteiger partial charge is 0.437 e. The van der Waals surface area contributed by atoms with Gasteiger partial charge in [-0.3, -0.25) is 0 Å². The number of pyridine rings is 1. The lowest BCUT2D eigenvalue weighted by Gasteiger charge is -2.28. The maximum atomic E-state index is 6.86. The fraction of sp³-hybridized carbons (Fsp3) is 0.0417. The van der Waals surface area contributed by atoms with Crippen LogP contribution in [0.4, 0.5) is 0 Å². The first-order valence-electron chi connectivity index (χ1n) is 17.9. The zero-order chi connectivity index (χ0) is 35.1. The molecule has 53 heavy (non-hydrogen) atoms. The van der Waals surface area contributed by atoms with Gasteiger partial charge < -0.3 is 4.42 Å². The van der Waals surface area contributed by atoms with Gasteiger partial charge in [-0.15, -0.1) is 0 Å². The van der Waals surface area contributed by atoms with E-state index < -0.39 is 5.41 Å². The van der Waals surface area contributed by atoms with Gasteiger partial charge in [0.15, 0.2) is 17.5 Å². The molecule has 0 radical (unpaired) electrons. The lowest BCUT2D eigenvalue weighted by Crippen LogP contribution is -2.22. The maximum Gasteiger partial charge on any atom is 0.227 e. The van der Waals surface area contributed by atoms with Crippen LogP contribution in [-0.4, -0.2) is 19.9 Å². The van der Waals surface area contributed by atoms with Crippen LogP contribution in [0.15, 0.2) is 168 Å². The second-order valence-corrected chi connectivity index (χ2v) is 13.9. The standard InChI is InChI=1S/C48H30N4O/c1-48(31-17-6-3-7-18-31)40-23-13-12-22-35(40)36-24-25-37-38-26-27-41(49-47(38)53-43(37)42(36)48)46-51-44(29-14-4-2-5-15-29)50-45(52-46)39-28-30-16-8-9-19-32(30)33-20-10-11-21-34(33)39/h2-28H,1H3. The average molecular weight is 679 g/mol. The van der Waals surface area contributed by atoms with Gasteiger partial charge >= 0.3 is 0 Å². The van der Waals surface area contributed by atoms with Crippen LogP contribution < -0.4 is 0 Å². The number of rotatable bonds is 4. The quantitative estimate of drug-likeness (QED) is 0.173. The molecular formula is C48H30N4O. The monoisotopic (exact) mass is 678 g/mol. The first-order chi connectivity index (χ1) is 26.1. The topological polar surface area (TPSA) is 64.7 Å². The zero-order valence-corrected chi connectivity index (χ0v) is 28.8. The van der Waals surface area contributed by atoms with E-state index in [0.29, 0.717) is 28.9 Å². The second-order valence-electron chi connectivity index (χ2n) is 13.9. The SMILES string of the molecule is CC1(c2ccccc2)c2ccccc2-c2ccc3c(oc4nc(-c5nc(-c6ccccc6)nc(-c6cc7ccccc7c7ccccc67)n5)ccc43)c21.